The van der Waals surface area contributed by atoms with Crippen LogP contribution in [0.25, 0.3) is 0 Å². The molecule has 2 rings (SSSR count). The minimum absolute atomic E-state index is 0.359. The van der Waals surface area contributed by atoms with Crippen molar-refractivity contribution in [1.82, 2.24) is 5.32 Å². The van der Waals surface area contributed by atoms with E-state index in [4.69, 9.17) is 0 Å². The molecule has 0 heterocycles. The third-order valence-corrected chi connectivity index (χ3v) is 4.60. The quantitative estimate of drug-likeness (QED) is 0.710. The highest BCUT2D eigenvalue weighted by molar-refractivity contribution is 4.93. The van der Waals surface area contributed by atoms with E-state index in [0.29, 0.717) is 5.54 Å². The summed E-state index contributed by atoms with van der Waals surface area (Å²) in [4.78, 5) is 0. The Morgan fingerprint density at radius 2 is 1.88 bits per heavy atom. The maximum atomic E-state index is 3.84. The van der Waals surface area contributed by atoms with E-state index in [1.807, 2.05) is 0 Å². The second kappa shape index (κ2) is 5.35. The summed E-state index contributed by atoms with van der Waals surface area (Å²) in [5.41, 5.74) is 0.359. The molecule has 2 aliphatic rings. The summed E-state index contributed by atoms with van der Waals surface area (Å²) in [5, 5.41) is 3.84. The van der Waals surface area contributed by atoms with Gasteiger partial charge in [0.2, 0.25) is 0 Å². The third-order valence-electron chi connectivity index (χ3n) is 4.60. The van der Waals surface area contributed by atoms with Crippen molar-refractivity contribution in [1.29, 1.82) is 0 Å². The van der Waals surface area contributed by atoms with Crippen molar-refractivity contribution in [3.05, 3.63) is 12.2 Å². The van der Waals surface area contributed by atoms with Crippen LogP contribution in [0.5, 0.6) is 0 Å². The molecule has 0 aromatic carbocycles. The van der Waals surface area contributed by atoms with Gasteiger partial charge in [0.15, 0.2) is 0 Å². The lowest BCUT2D eigenvalue weighted by molar-refractivity contribution is 0.238. The van der Waals surface area contributed by atoms with Crippen molar-refractivity contribution < 1.29 is 0 Å². The lowest BCUT2D eigenvalue weighted by Gasteiger charge is -2.35. The van der Waals surface area contributed by atoms with E-state index in [-0.39, 0.29) is 0 Å². The molecule has 0 aliphatic heterocycles. The van der Waals surface area contributed by atoms with Gasteiger partial charge in [0.25, 0.3) is 0 Å². The molecule has 0 spiro atoms. The number of rotatable bonds is 4. The van der Waals surface area contributed by atoms with Gasteiger partial charge >= 0.3 is 0 Å². The van der Waals surface area contributed by atoms with Gasteiger partial charge in [-0.3, -0.25) is 0 Å². The Balaban J connectivity index is 1.76. The lowest BCUT2D eigenvalue weighted by atomic mass is 9.85. The monoisotopic (exact) mass is 221 g/mol. The molecular formula is C15H27N. The van der Waals surface area contributed by atoms with E-state index >= 15 is 0 Å². The summed E-state index contributed by atoms with van der Waals surface area (Å²) in [6, 6.07) is 0. The van der Waals surface area contributed by atoms with Gasteiger partial charge in [0, 0.05) is 5.54 Å². The molecule has 0 aromatic rings. The lowest BCUT2D eigenvalue weighted by Crippen LogP contribution is -2.47. The molecule has 1 nitrogen and oxygen atoms in total. The van der Waals surface area contributed by atoms with Crippen LogP contribution in [-0.2, 0) is 0 Å². The first-order valence-corrected chi connectivity index (χ1v) is 7.08. The summed E-state index contributed by atoms with van der Waals surface area (Å²) < 4.78 is 0. The van der Waals surface area contributed by atoms with Crippen LogP contribution >= 0.6 is 0 Å². The normalized spacial score (nSPS) is 27.5. The highest BCUT2D eigenvalue weighted by atomic mass is 15.0. The van der Waals surface area contributed by atoms with Crippen molar-refractivity contribution >= 4 is 0 Å². The fourth-order valence-corrected chi connectivity index (χ4v) is 3.24. The maximum absolute atomic E-state index is 3.84. The molecule has 1 saturated carbocycles. The van der Waals surface area contributed by atoms with Crippen LogP contribution in [0.2, 0.25) is 0 Å². The second-order valence-electron chi connectivity index (χ2n) is 6.23. The SMILES string of the molecule is CC(C)(NCC1CC=CCC1)C1CCCC1. The van der Waals surface area contributed by atoms with Gasteiger partial charge in [-0.1, -0.05) is 25.0 Å². The van der Waals surface area contributed by atoms with Gasteiger partial charge in [-0.05, 0) is 64.3 Å². The van der Waals surface area contributed by atoms with Crippen LogP contribution in [0.4, 0.5) is 0 Å². The van der Waals surface area contributed by atoms with Crippen molar-refractivity contribution in [2.24, 2.45) is 11.8 Å². The zero-order valence-corrected chi connectivity index (χ0v) is 11.0. The Morgan fingerprint density at radius 3 is 2.50 bits per heavy atom. The molecule has 1 heteroatoms. The number of nitrogens with one attached hydrogen (secondary N) is 1. The second-order valence-corrected chi connectivity index (χ2v) is 6.23. The minimum atomic E-state index is 0.359. The van der Waals surface area contributed by atoms with Crippen LogP contribution in [-0.4, -0.2) is 12.1 Å². The number of hydrogen-bond donors (Lipinski definition) is 1. The van der Waals surface area contributed by atoms with Crippen LogP contribution in [0.3, 0.4) is 0 Å². The predicted octanol–water partition coefficient (Wildman–Crippen LogP) is 3.90. The van der Waals surface area contributed by atoms with Gasteiger partial charge < -0.3 is 5.32 Å². The molecule has 0 bridgehead atoms. The summed E-state index contributed by atoms with van der Waals surface area (Å²) >= 11 is 0. The maximum Gasteiger partial charge on any atom is 0.0153 e. The summed E-state index contributed by atoms with van der Waals surface area (Å²) in [6.07, 6.45) is 14.4. The van der Waals surface area contributed by atoms with Gasteiger partial charge in [-0.25, -0.2) is 0 Å². The minimum Gasteiger partial charge on any atom is -0.311 e. The largest absolute Gasteiger partial charge is 0.311 e. The molecule has 0 aromatic heterocycles. The van der Waals surface area contributed by atoms with Crippen molar-refractivity contribution in [2.45, 2.75) is 64.3 Å². The highest BCUT2D eigenvalue weighted by Crippen LogP contribution is 2.34. The third kappa shape index (κ3) is 3.10. The molecule has 1 atom stereocenters. The van der Waals surface area contributed by atoms with Gasteiger partial charge in [0.05, 0.1) is 0 Å². The number of hydrogen-bond acceptors (Lipinski definition) is 1. The summed E-state index contributed by atoms with van der Waals surface area (Å²) in [6.45, 7) is 6.02. The molecule has 0 radical (unpaired) electrons. The Kier molecular flexibility index (Phi) is 4.07. The van der Waals surface area contributed by atoms with Gasteiger partial charge in [0.1, 0.15) is 0 Å². The fraction of sp³-hybridized carbons (Fsp3) is 0.867. The zero-order valence-electron chi connectivity index (χ0n) is 11.0. The first kappa shape index (κ1) is 12.2. The molecule has 1 unspecified atom stereocenters. The Morgan fingerprint density at radius 1 is 1.12 bits per heavy atom. The molecule has 1 fully saturated rings. The molecule has 2 aliphatic carbocycles. The Labute approximate surface area is 101 Å². The zero-order chi connectivity index (χ0) is 11.4. The Bertz CT molecular complexity index is 236. The summed E-state index contributed by atoms with van der Waals surface area (Å²) in [7, 11) is 0. The van der Waals surface area contributed by atoms with E-state index in [2.05, 4.69) is 31.3 Å². The van der Waals surface area contributed by atoms with Gasteiger partial charge in [-0.15, -0.1) is 0 Å². The van der Waals surface area contributed by atoms with Gasteiger partial charge in [-0.2, -0.15) is 0 Å². The van der Waals surface area contributed by atoms with Crippen molar-refractivity contribution in [2.75, 3.05) is 6.54 Å². The van der Waals surface area contributed by atoms with E-state index < -0.39 is 0 Å². The van der Waals surface area contributed by atoms with E-state index in [0.717, 1.165) is 11.8 Å². The molecule has 16 heavy (non-hydrogen) atoms. The molecule has 0 amide bonds. The van der Waals surface area contributed by atoms with Crippen molar-refractivity contribution in [3.63, 3.8) is 0 Å². The van der Waals surface area contributed by atoms with Crippen LogP contribution < -0.4 is 5.32 Å². The first-order chi connectivity index (χ1) is 7.68. The van der Waals surface area contributed by atoms with E-state index in [1.165, 1.54) is 51.5 Å². The van der Waals surface area contributed by atoms with Crippen LogP contribution in [0, 0.1) is 11.8 Å². The molecule has 92 valence electrons. The topological polar surface area (TPSA) is 12.0 Å². The standard InChI is InChI=1S/C15H27N/c1-15(2,14-10-6-7-11-14)16-12-13-8-4-3-5-9-13/h3-4,13-14,16H,5-12H2,1-2H3. The average Bonchev–Trinajstić information content (AvgIpc) is 2.82. The molecule has 1 N–H and O–H groups in total. The fourth-order valence-electron chi connectivity index (χ4n) is 3.24. The predicted molar refractivity (Wildman–Crippen MR) is 70.5 cm³/mol. The summed E-state index contributed by atoms with van der Waals surface area (Å²) in [5.74, 6) is 1.79. The van der Waals surface area contributed by atoms with E-state index in [9.17, 15) is 0 Å². The first-order valence-electron chi connectivity index (χ1n) is 7.08. The van der Waals surface area contributed by atoms with E-state index in [1.54, 1.807) is 0 Å². The average molecular weight is 221 g/mol. The number of allylic oxidation sites excluding steroid dienone is 2. The van der Waals surface area contributed by atoms with Crippen molar-refractivity contribution in [3.8, 4) is 0 Å². The molecular weight excluding hydrogens is 194 g/mol. The highest BCUT2D eigenvalue weighted by Gasteiger charge is 2.31. The molecule has 0 saturated heterocycles. The smallest absolute Gasteiger partial charge is 0.0153 e. The van der Waals surface area contributed by atoms with Crippen LogP contribution in [0.15, 0.2) is 12.2 Å². The Hall–Kier alpha value is -0.300. The van der Waals surface area contributed by atoms with Crippen LogP contribution in [0.1, 0.15) is 58.8 Å².